The quantitative estimate of drug-likeness (QED) is 0.796. The average Bonchev–Trinajstić information content (AvgIpc) is 3.23. The van der Waals surface area contributed by atoms with E-state index < -0.39 is 17.8 Å². The highest BCUT2D eigenvalue weighted by Gasteiger charge is 2.39. The van der Waals surface area contributed by atoms with Gasteiger partial charge < -0.3 is 14.7 Å². The largest absolute Gasteiger partial charge is 0.444 e. The molecular weight excluding hydrogens is 366 g/mol. The van der Waals surface area contributed by atoms with Gasteiger partial charge in [-0.25, -0.2) is 4.79 Å². The third kappa shape index (κ3) is 4.12. The SMILES string of the molecule is CC(C)(C)OC(=O)Nc1ccc(C(O)CC2c3ccccc3C3CN=CN32)cc1. The Labute approximate surface area is 171 Å². The van der Waals surface area contributed by atoms with Crippen molar-refractivity contribution in [1.82, 2.24) is 4.90 Å². The second-order valence-corrected chi connectivity index (χ2v) is 8.59. The number of nitrogens with one attached hydrogen (secondary N) is 1. The molecule has 0 aromatic heterocycles. The summed E-state index contributed by atoms with van der Waals surface area (Å²) in [5, 5.41) is 13.6. The van der Waals surface area contributed by atoms with E-state index in [2.05, 4.69) is 39.5 Å². The molecule has 152 valence electrons. The smallest absolute Gasteiger partial charge is 0.412 e. The van der Waals surface area contributed by atoms with Crippen LogP contribution in [0.2, 0.25) is 0 Å². The van der Waals surface area contributed by atoms with Crippen molar-refractivity contribution in [3.63, 3.8) is 0 Å². The van der Waals surface area contributed by atoms with Gasteiger partial charge in [0.2, 0.25) is 0 Å². The van der Waals surface area contributed by atoms with E-state index in [0.29, 0.717) is 12.1 Å². The van der Waals surface area contributed by atoms with Crippen LogP contribution in [0.25, 0.3) is 0 Å². The van der Waals surface area contributed by atoms with Crippen LogP contribution in [0.15, 0.2) is 53.5 Å². The zero-order valence-electron chi connectivity index (χ0n) is 17.0. The van der Waals surface area contributed by atoms with Crippen molar-refractivity contribution in [2.24, 2.45) is 4.99 Å². The molecule has 0 fully saturated rings. The third-order valence-corrected chi connectivity index (χ3v) is 5.31. The number of hydrogen-bond acceptors (Lipinski definition) is 5. The lowest BCUT2D eigenvalue weighted by Crippen LogP contribution is -2.27. The molecule has 3 unspecified atom stereocenters. The Morgan fingerprint density at radius 1 is 1.21 bits per heavy atom. The van der Waals surface area contributed by atoms with Crippen molar-refractivity contribution < 1.29 is 14.6 Å². The standard InChI is InChI=1S/C23H27N3O3/c1-23(2,3)29-22(28)25-16-10-8-15(9-11-16)21(27)12-19-17-6-4-5-7-18(17)20-13-24-14-26(19)20/h4-11,14,19-21,27H,12-13H2,1-3H3,(H,25,28). The number of hydrogen-bond donors (Lipinski definition) is 2. The van der Waals surface area contributed by atoms with Gasteiger partial charge in [-0.15, -0.1) is 0 Å². The first-order chi connectivity index (χ1) is 13.8. The van der Waals surface area contributed by atoms with Crippen LogP contribution in [0.1, 0.15) is 62.1 Å². The molecular formula is C23H27N3O3. The zero-order chi connectivity index (χ0) is 20.6. The number of benzene rings is 2. The fourth-order valence-corrected chi connectivity index (χ4v) is 4.06. The average molecular weight is 393 g/mol. The Kier molecular flexibility index (Phi) is 5.04. The number of aliphatic hydroxyl groups excluding tert-OH is 1. The Balaban J connectivity index is 1.43. The van der Waals surface area contributed by atoms with E-state index in [4.69, 9.17) is 4.74 Å². The summed E-state index contributed by atoms with van der Waals surface area (Å²) in [5.41, 5.74) is 3.48. The predicted octanol–water partition coefficient (Wildman–Crippen LogP) is 4.60. The van der Waals surface area contributed by atoms with Gasteiger partial charge in [0.15, 0.2) is 0 Å². The van der Waals surface area contributed by atoms with Crippen LogP contribution in [0.5, 0.6) is 0 Å². The lowest BCUT2D eigenvalue weighted by Gasteiger charge is -2.26. The fourth-order valence-electron chi connectivity index (χ4n) is 4.06. The molecule has 6 heteroatoms. The van der Waals surface area contributed by atoms with Gasteiger partial charge in [0.25, 0.3) is 0 Å². The van der Waals surface area contributed by atoms with Crippen molar-refractivity contribution >= 4 is 18.1 Å². The number of rotatable bonds is 4. The van der Waals surface area contributed by atoms with Crippen molar-refractivity contribution in [3.8, 4) is 0 Å². The summed E-state index contributed by atoms with van der Waals surface area (Å²) in [5.74, 6) is 0. The van der Waals surface area contributed by atoms with Crippen LogP contribution in [-0.4, -0.2) is 34.6 Å². The minimum Gasteiger partial charge on any atom is -0.444 e. The van der Waals surface area contributed by atoms with Gasteiger partial charge >= 0.3 is 6.09 Å². The summed E-state index contributed by atoms with van der Waals surface area (Å²) in [6.07, 6.45) is 1.39. The molecule has 2 heterocycles. The number of aliphatic imine (C=N–C) groups is 1. The molecule has 3 atom stereocenters. The first-order valence-corrected chi connectivity index (χ1v) is 9.96. The van der Waals surface area contributed by atoms with E-state index in [9.17, 15) is 9.90 Å². The van der Waals surface area contributed by atoms with Gasteiger partial charge in [0.05, 0.1) is 31.1 Å². The molecule has 0 saturated heterocycles. The number of anilines is 1. The molecule has 2 aromatic rings. The van der Waals surface area contributed by atoms with E-state index >= 15 is 0 Å². The van der Waals surface area contributed by atoms with E-state index in [0.717, 1.165) is 12.1 Å². The van der Waals surface area contributed by atoms with Crippen molar-refractivity contribution in [2.45, 2.75) is 51.0 Å². The number of carbonyl (C=O) groups excluding carboxylic acids is 1. The van der Waals surface area contributed by atoms with Crippen molar-refractivity contribution in [2.75, 3.05) is 11.9 Å². The van der Waals surface area contributed by atoms with E-state index in [1.165, 1.54) is 11.1 Å². The van der Waals surface area contributed by atoms with Crippen LogP contribution in [0.4, 0.5) is 10.5 Å². The normalized spacial score (nSPS) is 20.9. The number of nitrogens with zero attached hydrogens (tertiary/aromatic N) is 2. The Bertz CT molecular complexity index is 918. The maximum absolute atomic E-state index is 11.9. The number of ether oxygens (including phenoxy) is 1. The summed E-state index contributed by atoms with van der Waals surface area (Å²) < 4.78 is 5.26. The molecule has 0 spiro atoms. The van der Waals surface area contributed by atoms with Gasteiger partial charge in [-0.05, 0) is 49.6 Å². The molecule has 0 saturated carbocycles. The Hall–Kier alpha value is -2.86. The second-order valence-electron chi connectivity index (χ2n) is 8.59. The second kappa shape index (κ2) is 7.52. The van der Waals surface area contributed by atoms with Gasteiger partial charge in [0.1, 0.15) is 5.60 Å². The Morgan fingerprint density at radius 2 is 1.90 bits per heavy atom. The molecule has 0 aliphatic carbocycles. The molecule has 2 N–H and O–H groups in total. The van der Waals surface area contributed by atoms with E-state index in [1.807, 2.05) is 39.2 Å². The van der Waals surface area contributed by atoms with Gasteiger partial charge in [-0.2, -0.15) is 0 Å². The summed E-state index contributed by atoms with van der Waals surface area (Å²) in [4.78, 5) is 18.6. The van der Waals surface area contributed by atoms with E-state index in [-0.39, 0.29) is 12.1 Å². The van der Waals surface area contributed by atoms with Gasteiger partial charge in [-0.1, -0.05) is 36.4 Å². The molecule has 29 heavy (non-hydrogen) atoms. The highest BCUT2D eigenvalue weighted by Crippen LogP contribution is 2.46. The van der Waals surface area contributed by atoms with Crippen molar-refractivity contribution in [1.29, 1.82) is 0 Å². The lowest BCUT2D eigenvalue weighted by atomic mass is 9.95. The number of aliphatic hydroxyl groups is 1. The molecule has 2 aliphatic heterocycles. The Morgan fingerprint density at radius 3 is 2.59 bits per heavy atom. The van der Waals surface area contributed by atoms with Crippen LogP contribution < -0.4 is 5.32 Å². The number of fused-ring (bicyclic) bond motifs is 3. The molecule has 6 nitrogen and oxygen atoms in total. The maximum Gasteiger partial charge on any atom is 0.412 e. The molecule has 1 amide bonds. The minimum absolute atomic E-state index is 0.108. The molecule has 2 aliphatic rings. The third-order valence-electron chi connectivity index (χ3n) is 5.31. The van der Waals surface area contributed by atoms with Crippen LogP contribution in [-0.2, 0) is 4.74 Å². The minimum atomic E-state index is -0.614. The number of amides is 1. The summed E-state index contributed by atoms with van der Waals surface area (Å²) in [6.45, 7) is 6.24. The molecule has 0 bridgehead atoms. The molecule has 4 rings (SSSR count). The summed E-state index contributed by atoms with van der Waals surface area (Å²) in [7, 11) is 0. The maximum atomic E-state index is 11.9. The molecule has 0 radical (unpaired) electrons. The highest BCUT2D eigenvalue weighted by atomic mass is 16.6. The van der Waals surface area contributed by atoms with Crippen LogP contribution in [0, 0.1) is 0 Å². The molecule has 2 aromatic carbocycles. The number of carbonyl (C=O) groups is 1. The first-order valence-electron chi connectivity index (χ1n) is 9.96. The monoisotopic (exact) mass is 393 g/mol. The zero-order valence-corrected chi connectivity index (χ0v) is 17.0. The van der Waals surface area contributed by atoms with Gasteiger partial charge in [-0.3, -0.25) is 10.3 Å². The fraction of sp³-hybridized carbons (Fsp3) is 0.391. The van der Waals surface area contributed by atoms with Crippen LogP contribution >= 0.6 is 0 Å². The summed E-state index contributed by atoms with van der Waals surface area (Å²) in [6, 6.07) is 16.1. The van der Waals surface area contributed by atoms with Gasteiger partial charge in [0, 0.05) is 12.1 Å². The van der Waals surface area contributed by atoms with Crippen LogP contribution in [0.3, 0.4) is 0 Å². The lowest BCUT2D eigenvalue weighted by molar-refractivity contribution is 0.0636. The summed E-state index contributed by atoms with van der Waals surface area (Å²) >= 11 is 0. The first kappa shape index (κ1) is 19.5. The van der Waals surface area contributed by atoms with Crippen molar-refractivity contribution in [3.05, 3.63) is 65.2 Å². The highest BCUT2D eigenvalue weighted by molar-refractivity contribution is 5.84. The predicted molar refractivity (Wildman–Crippen MR) is 113 cm³/mol. The van der Waals surface area contributed by atoms with E-state index in [1.54, 1.807) is 12.1 Å². The topological polar surface area (TPSA) is 74.2 Å².